The summed E-state index contributed by atoms with van der Waals surface area (Å²) in [5.74, 6) is 0.301. The molecule has 2 aromatic rings. The lowest BCUT2D eigenvalue weighted by atomic mass is 10.1. The van der Waals surface area contributed by atoms with Gasteiger partial charge in [0.05, 0.1) is 12.7 Å². The molecule has 21 heavy (non-hydrogen) atoms. The molecule has 0 saturated heterocycles. The van der Waals surface area contributed by atoms with E-state index < -0.39 is 0 Å². The predicted octanol–water partition coefficient (Wildman–Crippen LogP) is 2.10. The van der Waals surface area contributed by atoms with Gasteiger partial charge < -0.3 is 15.8 Å². The Labute approximate surface area is 122 Å². The fourth-order valence-electron chi connectivity index (χ4n) is 1.93. The maximum absolute atomic E-state index is 12.3. The lowest BCUT2D eigenvalue weighted by Crippen LogP contribution is -2.14. The molecule has 6 nitrogen and oxygen atoms in total. The van der Waals surface area contributed by atoms with Crippen LogP contribution in [0.4, 0.5) is 11.5 Å². The van der Waals surface area contributed by atoms with Crippen LogP contribution in [-0.2, 0) is 0 Å². The molecule has 0 spiro atoms. The predicted molar refractivity (Wildman–Crippen MR) is 79.0 cm³/mol. The van der Waals surface area contributed by atoms with Gasteiger partial charge in [0.1, 0.15) is 23.3 Å². The first-order valence-corrected chi connectivity index (χ1v) is 6.17. The summed E-state index contributed by atoms with van der Waals surface area (Å²) in [5, 5.41) is 11.8. The first-order chi connectivity index (χ1) is 10.0. The van der Waals surface area contributed by atoms with Gasteiger partial charge in [-0.1, -0.05) is 6.07 Å². The third-order valence-corrected chi connectivity index (χ3v) is 2.84. The third kappa shape index (κ3) is 3.09. The second kappa shape index (κ2) is 5.92. The summed E-state index contributed by atoms with van der Waals surface area (Å²) in [5.41, 5.74) is 7.30. The van der Waals surface area contributed by atoms with Crippen molar-refractivity contribution >= 4 is 17.4 Å². The molecule has 1 amide bonds. The number of nitrogen functional groups attached to an aromatic ring is 1. The summed E-state index contributed by atoms with van der Waals surface area (Å²) in [6, 6.07) is 10.1. The van der Waals surface area contributed by atoms with Crippen LogP contribution in [0.1, 0.15) is 21.6 Å². The molecule has 0 saturated carbocycles. The number of nitrogens with zero attached hydrogens (tertiary/aromatic N) is 2. The molecular weight excluding hydrogens is 268 g/mol. The first-order valence-electron chi connectivity index (χ1n) is 6.17. The maximum atomic E-state index is 12.3. The minimum Gasteiger partial charge on any atom is -0.495 e. The number of rotatable bonds is 3. The number of nitrogens with one attached hydrogen (secondary N) is 1. The molecule has 0 fully saturated rings. The zero-order chi connectivity index (χ0) is 15.4. The minimum atomic E-state index is -0.381. The van der Waals surface area contributed by atoms with Crippen LogP contribution in [-0.4, -0.2) is 18.0 Å². The smallest absolute Gasteiger partial charge is 0.255 e. The highest BCUT2D eigenvalue weighted by molar-refractivity contribution is 6.06. The summed E-state index contributed by atoms with van der Waals surface area (Å²) >= 11 is 0. The Morgan fingerprint density at radius 2 is 2.19 bits per heavy atom. The number of hydrogen-bond acceptors (Lipinski definition) is 5. The topological polar surface area (TPSA) is 101 Å². The van der Waals surface area contributed by atoms with Gasteiger partial charge in [-0.05, 0) is 31.2 Å². The number of anilines is 2. The van der Waals surface area contributed by atoms with Crippen LogP contribution in [0.15, 0.2) is 30.3 Å². The number of methoxy groups -OCH3 is 1. The summed E-state index contributed by atoms with van der Waals surface area (Å²) in [7, 11) is 1.47. The highest BCUT2D eigenvalue weighted by Gasteiger charge is 2.14. The molecule has 1 aromatic heterocycles. The summed E-state index contributed by atoms with van der Waals surface area (Å²) < 4.78 is 5.17. The summed E-state index contributed by atoms with van der Waals surface area (Å²) in [6.45, 7) is 1.75. The van der Waals surface area contributed by atoms with Crippen LogP contribution in [0.2, 0.25) is 0 Å². The Morgan fingerprint density at radius 1 is 1.43 bits per heavy atom. The van der Waals surface area contributed by atoms with E-state index in [0.29, 0.717) is 28.3 Å². The normalized spacial score (nSPS) is 9.76. The number of aryl methyl sites for hydroxylation is 1. The van der Waals surface area contributed by atoms with E-state index in [1.165, 1.54) is 13.2 Å². The Morgan fingerprint density at radius 3 is 2.81 bits per heavy atom. The quantitative estimate of drug-likeness (QED) is 0.897. The molecule has 106 valence electrons. The molecular formula is C15H14N4O2. The van der Waals surface area contributed by atoms with E-state index in [1.54, 1.807) is 31.2 Å². The first kappa shape index (κ1) is 14.3. The lowest BCUT2D eigenvalue weighted by Gasteiger charge is -2.12. The van der Waals surface area contributed by atoms with Crippen molar-refractivity contribution in [1.82, 2.24) is 4.98 Å². The van der Waals surface area contributed by atoms with Crippen molar-refractivity contribution in [3.63, 3.8) is 0 Å². The molecule has 6 heteroatoms. The van der Waals surface area contributed by atoms with Gasteiger partial charge >= 0.3 is 0 Å². The number of pyridine rings is 1. The number of nitriles is 1. The maximum Gasteiger partial charge on any atom is 0.255 e. The van der Waals surface area contributed by atoms with Crippen molar-refractivity contribution in [1.29, 1.82) is 5.26 Å². The SMILES string of the molecule is COc1cccc(C#N)c1NC(=O)c1cc(C)nc(N)c1. The summed E-state index contributed by atoms with van der Waals surface area (Å²) in [4.78, 5) is 16.3. The highest BCUT2D eigenvalue weighted by atomic mass is 16.5. The van der Waals surface area contributed by atoms with Gasteiger partial charge in [-0.3, -0.25) is 4.79 Å². The van der Waals surface area contributed by atoms with Crippen LogP contribution >= 0.6 is 0 Å². The van der Waals surface area contributed by atoms with Gasteiger partial charge in [0.25, 0.3) is 5.91 Å². The van der Waals surface area contributed by atoms with Crippen LogP contribution in [0, 0.1) is 18.3 Å². The van der Waals surface area contributed by atoms with E-state index in [1.807, 2.05) is 6.07 Å². The van der Waals surface area contributed by atoms with Crippen molar-refractivity contribution in [2.75, 3.05) is 18.2 Å². The second-order valence-corrected chi connectivity index (χ2v) is 4.37. The molecule has 1 aromatic carbocycles. The number of amides is 1. The van der Waals surface area contributed by atoms with Crippen LogP contribution in [0.25, 0.3) is 0 Å². The molecule has 2 rings (SSSR count). The molecule has 1 heterocycles. The molecule has 0 aliphatic rings. The fraction of sp³-hybridized carbons (Fsp3) is 0.133. The average Bonchev–Trinajstić information content (AvgIpc) is 2.46. The average molecular weight is 282 g/mol. The van der Waals surface area contributed by atoms with Gasteiger partial charge in [0.2, 0.25) is 0 Å². The minimum absolute atomic E-state index is 0.265. The van der Waals surface area contributed by atoms with E-state index in [0.717, 1.165) is 0 Å². The second-order valence-electron chi connectivity index (χ2n) is 4.37. The van der Waals surface area contributed by atoms with E-state index in [2.05, 4.69) is 10.3 Å². The Hall–Kier alpha value is -3.07. The van der Waals surface area contributed by atoms with Crippen molar-refractivity contribution in [2.24, 2.45) is 0 Å². The van der Waals surface area contributed by atoms with Crippen molar-refractivity contribution in [2.45, 2.75) is 6.92 Å². The number of aromatic nitrogens is 1. The van der Waals surface area contributed by atoms with Crippen molar-refractivity contribution in [3.8, 4) is 11.8 Å². The van der Waals surface area contributed by atoms with Gasteiger partial charge in [0.15, 0.2) is 0 Å². The zero-order valence-electron chi connectivity index (χ0n) is 11.7. The third-order valence-electron chi connectivity index (χ3n) is 2.84. The lowest BCUT2D eigenvalue weighted by molar-refractivity contribution is 0.102. The van der Waals surface area contributed by atoms with E-state index in [4.69, 9.17) is 15.7 Å². The number of nitrogens with two attached hydrogens (primary N) is 1. The molecule has 0 aliphatic heterocycles. The number of para-hydroxylation sites is 1. The molecule has 3 N–H and O–H groups in total. The van der Waals surface area contributed by atoms with Crippen LogP contribution < -0.4 is 15.8 Å². The van der Waals surface area contributed by atoms with Gasteiger partial charge in [-0.2, -0.15) is 5.26 Å². The van der Waals surface area contributed by atoms with E-state index in [-0.39, 0.29) is 11.7 Å². The molecule has 0 aliphatic carbocycles. The van der Waals surface area contributed by atoms with Gasteiger partial charge in [-0.15, -0.1) is 0 Å². The van der Waals surface area contributed by atoms with E-state index in [9.17, 15) is 4.79 Å². The number of benzene rings is 1. The van der Waals surface area contributed by atoms with Gasteiger partial charge in [0, 0.05) is 11.3 Å². The van der Waals surface area contributed by atoms with Crippen LogP contribution in [0.3, 0.4) is 0 Å². The largest absolute Gasteiger partial charge is 0.495 e. The number of carbonyl (C=O) groups is 1. The van der Waals surface area contributed by atoms with E-state index >= 15 is 0 Å². The Kier molecular flexibility index (Phi) is 4.05. The Bertz CT molecular complexity index is 715. The Balaban J connectivity index is 2.38. The van der Waals surface area contributed by atoms with Crippen molar-refractivity contribution < 1.29 is 9.53 Å². The molecule has 0 bridgehead atoms. The standard InChI is InChI=1S/C15H14N4O2/c1-9-6-11(7-13(17)18-9)15(20)19-14-10(8-16)4-3-5-12(14)21-2/h3-7H,1-2H3,(H2,17,18)(H,19,20). The number of carbonyl (C=O) groups excluding carboxylic acids is 1. The monoisotopic (exact) mass is 282 g/mol. The fourth-order valence-corrected chi connectivity index (χ4v) is 1.93. The van der Waals surface area contributed by atoms with Crippen molar-refractivity contribution in [3.05, 3.63) is 47.2 Å². The van der Waals surface area contributed by atoms with Crippen LogP contribution in [0.5, 0.6) is 5.75 Å². The number of ether oxygens (including phenoxy) is 1. The molecule has 0 unspecified atom stereocenters. The van der Waals surface area contributed by atoms with Gasteiger partial charge in [-0.25, -0.2) is 4.98 Å². The highest BCUT2D eigenvalue weighted by Crippen LogP contribution is 2.28. The molecule has 0 radical (unpaired) electrons. The molecule has 0 atom stereocenters. The number of hydrogen-bond donors (Lipinski definition) is 2. The summed E-state index contributed by atoms with van der Waals surface area (Å²) in [6.07, 6.45) is 0. The zero-order valence-corrected chi connectivity index (χ0v) is 11.7.